The van der Waals surface area contributed by atoms with Crippen LogP contribution in [0.3, 0.4) is 0 Å². The number of benzene rings is 1. The van der Waals surface area contributed by atoms with Gasteiger partial charge >= 0.3 is 6.55 Å². The Kier molecular flexibility index (Phi) is 5.40. The van der Waals surface area contributed by atoms with Gasteiger partial charge in [-0.25, -0.2) is 9.37 Å². The SMILES string of the molecule is CN=C(NCc1ccccc1F)NCc1nccn1C(F)F. The van der Waals surface area contributed by atoms with Crippen molar-refractivity contribution >= 4 is 5.96 Å². The number of rotatable bonds is 5. The molecule has 1 aromatic heterocycles. The number of nitrogens with one attached hydrogen (secondary N) is 2. The first kappa shape index (κ1) is 15.9. The molecule has 0 unspecified atom stereocenters. The zero-order chi connectivity index (χ0) is 15.9. The molecule has 0 aliphatic rings. The van der Waals surface area contributed by atoms with Crippen molar-refractivity contribution in [1.82, 2.24) is 20.2 Å². The van der Waals surface area contributed by atoms with E-state index in [1.165, 1.54) is 25.5 Å². The second kappa shape index (κ2) is 7.48. The second-order valence-corrected chi connectivity index (χ2v) is 4.40. The summed E-state index contributed by atoms with van der Waals surface area (Å²) in [5, 5.41) is 5.77. The van der Waals surface area contributed by atoms with E-state index in [1.807, 2.05) is 0 Å². The van der Waals surface area contributed by atoms with Gasteiger partial charge in [0.25, 0.3) is 0 Å². The van der Waals surface area contributed by atoms with Gasteiger partial charge in [0.15, 0.2) is 5.96 Å². The molecule has 0 saturated carbocycles. The Morgan fingerprint density at radius 3 is 2.68 bits per heavy atom. The molecule has 2 rings (SSSR count). The van der Waals surface area contributed by atoms with E-state index in [-0.39, 0.29) is 24.7 Å². The maximum Gasteiger partial charge on any atom is 0.319 e. The zero-order valence-corrected chi connectivity index (χ0v) is 11.9. The normalized spacial score (nSPS) is 11.8. The summed E-state index contributed by atoms with van der Waals surface area (Å²) in [5.41, 5.74) is 0.486. The number of aliphatic imine (C=N–C) groups is 1. The third-order valence-electron chi connectivity index (χ3n) is 3.00. The number of aromatic nitrogens is 2. The molecule has 0 bridgehead atoms. The molecule has 1 heterocycles. The lowest BCUT2D eigenvalue weighted by Crippen LogP contribution is -2.37. The highest BCUT2D eigenvalue weighted by atomic mass is 19.3. The van der Waals surface area contributed by atoms with Crippen LogP contribution in [0.4, 0.5) is 13.2 Å². The minimum Gasteiger partial charge on any atom is -0.352 e. The third kappa shape index (κ3) is 4.00. The average molecular weight is 311 g/mol. The summed E-state index contributed by atoms with van der Waals surface area (Å²) in [4.78, 5) is 7.81. The topological polar surface area (TPSA) is 54.2 Å². The first-order valence-electron chi connectivity index (χ1n) is 6.59. The molecule has 22 heavy (non-hydrogen) atoms. The summed E-state index contributed by atoms with van der Waals surface area (Å²) in [5.74, 6) is 0.231. The molecule has 0 radical (unpaired) electrons. The Hall–Kier alpha value is -2.51. The Morgan fingerprint density at radius 1 is 1.27 bits per heavy atom. The van der Waals surface area contributed by atoms with E-state index < -0.39 is 6.55 Å². The molecule has 0 atom stereocenters. The van der Waals surface area contributed by atoms with Crippen molar-refractivity contribution in [2.75, 3.05) is 7.05 Å². The Morgan fingerprint density at radius 2 is 2.00 bits per heavy atom. The molecule has 0 saturated heterocycles. The number of hydrogen-bond acceptors (Lipinski definition) is 2. The molecular formula is C14H16F3N5. The molecule has 2 N–H and O–H groups in total. The number of alkyl halides is 2. The fourth-order valence-corrected chi connectivity index (χ4v) is 1.86. The average Bonchev–Trinajstić information content (AvgIpc) is 2.98. The summed E-state index contributed by atoms with van der Waals surface area (Å²) < 4.78 is 39.6. The zero-order valence-electron chi connectivity index (χ0n) is 11.9. The van der Waals surface area contributed by atoms with Gasteiger partial charge in [-0.05, 0) is 6.07 Å². The van der Waals surface area contributed by atoms with Crippen molar-refractivity contribution in [2.45, 2.75) is 19.6 Å². The summed E-state index contributed by atoms with van der Waals surface area (Å²) in [6, 6.07) is 6.36. The van der Waals surface area contributed by atoms with E-state index in [9.17, 15) is 13.2 Å². The predicted molar refractivity (Wildman–Crippen MR) is 76.9 cm³/mol. The number of halogens is 3. The lowest BCUT2D eigenvalue weighted by molar-refractivity contribution is 0.0668. The lowest BCUT2D eigenvalue weighted by Gasteiger charge is -2.13. The van der Waals surface area contributed by atoms with Crippen molar-refractivity contribution in [3.05, 3.63) is 53.9 Å². The van der Waals surface area contributed by atoms with Crippen LogP contribution in [0, 0.1) is 5.82 Å². The molecule has 0 aliphatic heterocycles. The van der Waals surface area contributed by atoms with Crippen molar-refractivity contribution in [2.24, 2.45) is 4.99 Å². The summed E-state index contributed by atoms with van der Waals surface area (Å²) >= 11 is 0. The highest BCUT2D eigenvalue weighted by molar-refractivity contribution is 5.79. The number of nitrogens with zero attached hydrogens (tertiary/aromatic N) is 3. The van der Waals surface area contributed by atoms with Gasteiger partial charge in [0, 0.05) is 31.5 Å². The largest absolute Gasteiger partial charge is 0.352 e. The van der Waals surface area contributed by atoms with Crippen molar-refractivity contribution in [3.8, 4) is 0 Å². The van der Waals surface area contributed by atoms with E-state index in [0.717, 1.165) is 4.57 Å². The summed E-state index contributed by atoms with van der Waals surface area (Å²) in [6.07, 6.45) is 2.51. The van der Waals surface area contributed by atoms with E-state index in [0.29, 0.717) is 11.5 Å². The molecule has 1 aromatic carbocycles. The van der Waals surface area contributed by atoms with Crippen LogP contribution in [-0.2, 0) is 13.1 Å². The Balaban J connectivity index is 1.90. The monoisotopic (exact) mass is 311 g/mol. The summed E-state index contributed by atoms with van der Waals surface area (Å²) in [6.45, 7) is -2.34. The van der Waals surface area contributed by atoms with Gasteiger partial charge in [-0.3, -0.25) is 9.56 Å². The maximum absolute atomic E-state index is 13.5. The molecule has 0 fully saturated rings. The number of guanidine groups is 1. The van der Waals surface area contributed by atoms with E-state index >= 15 is 0 Å². The van der Waals surface area contributed by atoms with Gasteiger partial charge in [-0.1, -0.05) is 18.2 Å². The van der Waals surface area contributed by atoms with Crippen LogP contribution in [0.1, 0.15) is 17.9 Å². The van der Waals surface area contributed by atoms with Crippen LogP contribution < -0.4 is 10.6 Å². The van der Waals surface area contributed by atoms with E-state index in [1.54, 1.807) is 18.2 Å². The minimum absolute atomic E-state index is 0.0777. The van der Waals surface area contributed by atoms with Crippen LogP contribution >= 0.6 is 0 Å². The Bertz CT molecular complexity index is 639. The molecule has 0 aliphatic carbocycles. The van der Waals surface area contributed by atoms with E-state index in [2.05, 4.69) is 20.6 Å². The fraction of sp³-hybridized carbons (Fsp3) is 0.286. The molecule has 0 spiro atoms. The molecule has 2 aromatic rings. The van der Waals surface area contributed by atoms with Crippen LogP contribution in [0.5, 0.6) is 0 Å². The molecule has 8 heteroatoms. The minimum atomic E-state index is -2.65. The fourth-order valence-electron chi connectivity index (χ4n) is 1.86. The van der Waals surface area contributed by atoms with Crippen molar-refractivity contribution in [1.29, 1.82) is 0 Å². The molecular weight excluding hydrogens is 295 g/mol. The van der Waals surface area contributed by atoms with Gasteiger partial charge in [0.05, 0.1) is 6.54 Å². The van der Waals surface area contributed by atoms with Crippen LogP contribution in [0.25, 0.3) is 0 Å². The Labute approximate surface area is 125 Å². The number of hydrogen-bond donors (Lipinski definition) is 2. The van der Waals surface area contributed by atoms with Crippen LogP contribution in [0.2, 0.25) is 0 Å². The van der Waals surface area contributed by atoms with Gasteiger partial charge in [0.1, 0.15) is 11.6 Å². The first-order valence-corrected chi connectivity index (χ1v) is 6.59. The lowest BCUT2D eigenvalue weighted by atomic mass is 10.2. The van der Waals surface area contributed by atoms with Crippen LogP contribution in [-0.4, -0.2) is 22.6 Å². The highest BCUT2D eigenvalue weighted by Crippen LogP contribution is 2.11. The summed E-state index contributed by atoms with van der Waals surface area (Å²) in [7, 11) is 1.54. The predicted octanol–water partition coefficient (Wildman–Crippen LogP) is 2.28. The van der Waals surface area contributed by atoms with E-state index in [4.69, 9.17) is 0 Å². The maximum atomic E-state index is 13.5. The quantitative estimate of drug-likeness (QED) is 0.658. The van der Waals surface area contributed by atoms with Crippen LogP contribution in [0.15, 0.2) is 41.7 Å². The van der Waals surface area contributed by atoms with Gasteiger partial charge < -0.3 is 10.6 Å². The number of imidazole rings is 1. The third-order valence-corrected chi connectivity index (χ3v) is 3.00. The van der Waals surface area contributed by atoms with Gasteiger partial charge in [0.2, 0.25) is 0 Å². The van der Waals surface area contributed by atoms with Gasteiger partial charge in [-0.15, -0.1) is 0 Å². The molecule has 5 nitrogen and oxygen atoms in total. The second-order valence-electron chi connectivity index (χ2n) is 4.40. The standard InChI is InChI=1S/C14H16F3N5/c1-18-14(20-8-10-4-2-3-5-11(10)15)21-9-12-19-6-7-22(12)13(16)17/h2-7,13H,8-9H2,1H3,(H2,18,20,21). The smallest absolute Gasteiger partial charge is 0.319 e. The highest BCUT2D eigenvalue weighted by Gasteiger charge is 2.11. The van der Waals surface area contributed by atoms with Crippen molar-refractivity contribution in [3.63, 3.8) is 0 Å². The molecule has 0 amide bonds. The first-order chi connectivity index (χ1) is 10.6. The molecule has 118 valence electrons. The van der Waals surface area contributed by atoms with Crippen molar-refractivity contribution < 1.29 is 13.2 Å². The van der Waals surface area contributed by atoms with Gasteiger partial charge in [-0.2, -0.15) is 8.78 Å².